The average Bonchev–Trinajstić information content (AvgIpc) is 2.39. The Balaban J connectivity index is 2.39. The molecule has 0 fully saturated rings. The summed E-state index contributed by atoms with van der Waals surface area (Å²) in [4.78, 5) is 12.2. The van der Waals surface area contributed by atoms with Crippen molar-refractivity contribution >= 4 is 26.9 Å². The molecule has 1 heterocycles. The van der Waals surface area contributed by atoms with E-state index in [-0.39, 0.29) is 5.63 Å². The van der Waals surface area contributed by atoms with Crippen LogP contribution in [0.5, 0.6) is 0 Å². The van der Waals surface area contributed by atoms with Gasteiger partial charge in [-0.1, -0.05) is 46.3 Å². The Morgan fingerprint density at radius 3 is 2.53 bits per heavy atom. The number of rotatable bonds is 1. The third-order valence-electron chi connectivity index (χ3n) is 3.19. The van der Waals surface area contributed by atoms with Crippen molar-refractivity contribution in [2.75, 3.05) is 0 Å². The number of hydrogen-bond acceptors (Lipinski definition) is 2. The molecule has 3 aromatic rings. The van der Waals surface area contributed by atoms with Crippen molar-refractivity contribution in [3.63, 3.8) is 0 Å². The highest BCUT2D eigenvalue weighted by Gasteiger charge is 2.12. The van der Waals surface area contributed by atoms with E-state index in [1.165, 1.54) is 0 Å². The first-order chi connectivity index (χ1) is 9.16. The number of hydrogen-bond donors (Lipinski definition) is 0. The van der Waals surface area contributed by atoms with E-state index in [1.807, 2.05) is 55.5 Å². The average molecular weight is 315 g/mol. The van der Waals surface area contributed by atoms with E-state index in [0.717, 1.165) is 21.0 Å². The van der Waals surface area contributed by atoms with Crippen LogP contribution < -0.4 is 5.63 Å². The molecule has 0 unspecified atom stereocenters. The Morgan fingerprint density at radius 1 is 1.05 bits per heavy atom. The topological polar surface area (TPSA) is 30.2 Å². The number of halogens is 1. The fourth-order valence-corrected chi connectivity index (χ4v) is 2.61. The van der Waals surface area contributed by atoms with Crippen molar-refractivity contribution in [3.05, 3.63) is 69.0 Å². The summed E-state index contributed by atoms with van der Waals surface area (Å²) in [5.74, 6) is 0. The predicted molar refractivity (Wildman–Crippen MR) is 80.4 cm³/mol. The van der Waals surface area contributed by atoms with Crippen LogP contribution in [0.4, 0.5) is 0 Å². The van der Waals surface area contributed by atoms with Crippen LogP contribution in [0.3, 0.4) is 0 Å². The molecule has 0 saturated heterocycles. The highest BCUT2D eigenvalue weighted by molar-refractivity contribution is 9.10. The molecule has 0 saturated carbocycles. The zero-order valence-corrected chi connectivity index (χ0v) is 11.9. The van der Waals surface area contributed by atoms with Gasteiger partial charge in [0.15, 0.2) is 0 Å². The lowest BCUT2D eigenvalue weighted by atomic mass is 10.00. The van der Waals surface area contributed by atoms with Crippen LogP contribution in [-0.4, -0.2) is 0 Å². The van der Waals surface area contributed by atoms with Crippen molar-refractivity contribution in [3.8, 4) is 11.1 Å². The van der Waals surface area contributed by atoms with Gasteiger partial charge in [-0.05, 0) is 36.2 Å². The quantitative estimate of drug-likeness (QED) is 0.618. The highest BCUT2D eigenvalue weighted by Crippen LogP contribution is 2.28. The molecule has 0 amide bonds. The van der Waals surface area contributed by atoms with Crippen LogP contribution in [0.2, 0.25) is 0 Å². The van der Waals surface area contributed by atoms with E-state index < -0.39 is 0 Å². The van der Waals surface area contributed by atoms with E-state index in [4.69, 9.17) is 4.42 Å². The molecule has 2 nitrogen and oxygen atoms in total. The molecule has 2 aromatic carbocycles. The summed E-state index contributed by atoms with van der Waals surface area (Å²) in [6.45, 7) is 1.95. The van der Waals surface area contributed by atoms with Crippen molar-refractivity contribution in [2.45, 2.75) is 6.92 Å². The van der Waals surface area contributed by atoms with E-state index in [2.05, 4.69) is 15.9 Å². The molecular formula is C16H11BrO2. The zero-order valence-electron chi connectivity index (χ0n) is 10.3. The van der Waals surface area contributed by atoms with Crippen molar-refractivity contribution < 1.29 is 4.42 Å². The summed E-state index contributed by atoms with van der Waals surface area (Å²) in [5.41, 5.74) is 2.78. The smallest absolute Gasteiger partial charge is 0.344 e. The molecule has 0 spiro atoms. The lowest BCUT2D eigenvalue weighted by molar-refractivity contribution is 0.562. The van der Waals surface area contributed by atoms with Gasteiger partial charge in [0.1, 0.15) is 5.58 Å². The number of fused-ring (bicyclic) bond motifs is 1. The number of aryl methyl sites for hydroxylation is 1. The zero-order chi connectivity index (χ0) is 13.4. The minimum atomic E-state index is -0.297. The Kier molecular flexibility index (Phi) is 2.99. The third-order valence-corrected chi connectivity index (χ3v) is 3.69. The van der Waals surface area contributed by atoms with Crippen LogP contribution in [0.1, 0.15) is 5.56 Å². The second-order valence-electron chi connectivity index (χ2n) is 4.40. The molecule has 3 rings (SSSR count). The monoisotopic (exact) mass is 314 g/mol. The maximum absolute atomic E-state index is 12.2. The third kappa shape index (κ3) is 2.10. The van der Waals surface area contributed by atoms with Gasteiger partial charge in [-0.2, -0.15) is 0 Å². The van der Waals surface area contributed by atoms with Gasteiger partial charge >= 0.3 is 5.63 Å². The van der Waals surface area contributed by atoms with Gasteiger partial charge in [0.25, 0.3) is 0 Å². The van der Waals surface area contributed by atoms with Crippen molar-refractivity contribution in [1.82, 2.24) is 0 Å². The van der Waals surface area contributed by atoms with E-state index in [0.29, 0.717) is 11.1 Å². The Hall–Kier alpha value is -1.87. The molecule has 0 bridgehead atoms. The molecule has 19 heavy (non-hydrogen) atoms. The number of benzene rings is 2. The molecule has 0 aliphatic rings. The van der Waals surface area contributed by atoms with Crippen LogP contribution in [0.25, 0.3) is 22.1 Å². The van der Waals surface area contributed by atoms with Gasteiger partial charge in [-0.3, -0.25) is 0 Å². The molecule has 1 aromatic heterocycles. The standard InChI is InChI=1S/C16H11BrO2/c1-10-13-8-7-12(17)9-14(13)19-16(18)15(10)11-5-3-2-4-6-11/h2-9H,1H3. The molecule has 94 valence electrons. The maximum atomic E-state index is 12.2. The molecule has 0 atom stereocenters. The van der Waals surface area contributed by atoms with Crippen LogP contribution in [0, 0.1) is 6.92 Å². The minimum Gasteiger partial charge on any atom is -0.422 e. The van der Waals surface area contributed by atoms with Crippen molar-refractivity contribution in [2.24, 2.45) is 0 Å². The van der Waals surface area contributed by atoms with Gasteiger partial charge in [-0.25, -0.2) is 4.79 Å². The van der Waals surface area contributed by atoms with Crippen LogP contribution >= 0.6 is 15.9 Å². The summed E-state index contributed by atoms with van der Waals surface area (Å²) in [5, 5.41) is 0.960. The largest absolute Gasteiger partial charge is 0.422 e. The summed E-state index contributed by atoms with van der Waals surface area (Å²) < 4.78 is 6.32. The lowest BCUT2D eigenvalue weighted by Crippen LogP contribution is -2.05. The fourth-order valence-electron chi connectivity index (χ4n) is 2.27. The molecule has 0 N–H and O–H groups in total. The Morgan fingerprint density at radius 2 is 1.79 bits per heavy atom. The molecule has 0 radical (unpaired) electrons. The second-order valence-corrected chi connectivity index (χ2v) is 5.31. The summed E-state index contributed by atoms with van der Waals surface area (Å²) in [7, 11) is 0. The van der Waals surface area contributed by atoms with E-state index in [9.17, 15) is 4.79 Å². The van der Waals surface area contributed by atoms with Gasteiger partial charge in [0, 0.05) is 9.86 Å². The first-order valence-electron chi connectivity index (χ1n) is 5.95. The van der Waals surface area contributed by atoms with E-state index >= 15 is 0 Å². The molecule has 0 aliphatic carbocycles. The normalized spacial score (nSPS) is 10.8. The summed E-state index contributed by atoms with van der Waals surface area (Å²) >= 11 is 3.38. The predicted octanol–water partition coefficient (Wildman–Crippen LogP) is 4.53. The second kappa shape index (κ2) is 4.67. The summed E-state index contributed by atoms with van der Waals surface area (Å²) in [6.07, 6.45) is 0. The van der Waals surface area contributed by atoms with Crippen molar-refractivity contribution in [1.29, 1.82) is 0 Å². The van der Waals surface area contributed by atoms with Gasteiger partial charge in [0.05, 0.1) is 5.56 Å². The molecular weight excluding hydrogens is 304 g/mol. The van der Waals surface area contributed by atoms with E-state index in [1.54, 1.807) is 0 Å². The molecule has 3 heteroatoms. The van der Waals surface area contributed by atoms with Crippen LogP contribution in [0.15, 0.2) is 62.2 Å². The van der Waals surface area contributed by atoms with Gasteiger partial charge < -0.3 is 4.42 Å². The Bertz CT molecular complexity index is 804. The minimum absolute atomic E-state index is 0.297. The van der Waals surface area contributed by atoms with Gasteiger partial charge in [-0.15, -0.1) is 0 Å². The highest BCUT2D eigenvalue weighted by atomic mass is 79.9. The van der Waals surface area contributed by atoms with Crippen LogP contribution in [-0.2, 0) is 0 Å². The first-order valence-corrected chi connectivity index (χ1v) is 6.74. The Labute approximate surface area is 118 Å². The SMILES string of the molecule is Cc1c(-c2ccccc2)c(=O)oc2cc(Br)ccc12. The maximum Gasteiger partial charge on any atom is 0.344 e. The summed E-state index contributed by atoms with van der Waals surface area (Å²) in [6, 6.07) is 15.3. The first kappa shape index (κ1) is 12.2. The van der Waals surface area contributed by atoms with Gasteiger partial charge in [0.2, 0.25) is 0 Å². The fraction of sp³-hybridized carbons (Fsp3) is 0.0625. The lowest BCUT2D eigenvalue weighted by Gasteiger charge is -2.07. The molecule has 0 aliphatic heterocycles.